The minimum atomic E-state index is -4.27. The molecule has 0 N–H and O–H groups in total. The van der Waals surface area contributed by atoms with Gasteiger partial charge < -0.3 is 0 Å². The number of halogens is 3. The summed E-state index contributed by atoms with van der Waals surface area (Å²) in [6.07, 6.45) is -2.89. The highest BCUT2D eigenvalue weighted by atomic mass is 19.4. The van der Waals surface area contributed by atoms with Gasteiger partial charge in [-0.25, -0.2) is 0 Å². The van der Waals surface area contributed by atoms with Crippen LogP contribution in [0.1, 0.15) is 27.8 Å². The van der Waals surface area contributed by atoms with E-state index in [2.05, 4.69) is 12.1 Å². The molecule has 0 nitrogen and oxygen atoms in total. The third-order valence-electron chi connectivity index (χ3n) is 3.44. The lowest BCUT2D eigenvalue weighted by Gasteiger charge is -2.10. The monoisotopic (exact) mass is 278 g/mol. The molecule has 2 aromatic rings. The Kier molecular flexibility index (Phi) is 4.17. The Morgan fingerprint density at radius 1 is 0.900 bits per heavy atom. The predicted molar refractivity (Wildman–Crippen MR) is 74.8 cm³/mol. The summed E-state index contributed by atoms with van der Waals surface area (Å²) in [4.78, 5) is 0. The lowest BCUT2D eigenvalue weighted by Crippen LogP contribution is -2.05. The van der Waals surface area contributed by atoms with E-state index in [-0.39, 0.29) is 0 Å². The summed E-state index contributed by atoms with van der Waals surface area (Å²) < 4.78 is 37.9. The van der Waals surface area contributed by atoms with Crippen molar-refractivity contribution in [3.05, 3.63) is 70.3 Å². The molecule has 0 radical (unpaired) electrons. The molecule has 0 unspecified atom stereocenters. The maximum Gasteiger partial charge on any atom is 0.416 e. The van der Waals surface area contributed by atoms with Crippen LogP contribution >= 0.6 is 0 Å². The van der Waals surface area contributed by atoms with E-state index in [9.17, 15) is 13.2 Å². The summed E-state index contributed by atoms with van der Waals surface area (Å²) in [7, 11) is 0. The van der Waals surface area contributed by atoms with Crippen molar-refractivity contribution in [2.24, 2.45) is 0 Å². The van der Waals surface area contributed by atoms with Crippen LogP contribution in [0, 0.1) is 13.8 Å². The van der Waals surface area contributed by atoms with Crippen LogP contribution in [0.4, 0.5) is 13.2 Å². The maximum atomic E-state index is 12.6. The Balaban J connectivity index is 2.11. The summed E-state index contributed by atoms with van der Waals surface area (Å²) in [6, 6.07) is 11.8. The number of alkyl halides is 3. The second-order valence-corrected chi connectivity index (χ2v) is 5.13. The zero-order valence-electron chi connectivity index (χ0n) is 11.6. The summed E-state index contributed by atoms with van der Waals surface area (Å²) in [5.74, 6) is 0. The SMILES string of the molecule is Cc1ccc(CCc2cccc(C(F)(F)F)c2)c(C)c1. The highest BCUT2D eigenvalue weighted by Gasteiger charge is 2.30. The highest BCUT2D eigenvalue weighted by molar-refractivity contribution is 5.32. The smallest absolute Gasteiger partial charge is 0.166 e. The van der Waals surface area contributed by atoms with Crippen molar-refractivity contribution in [3.8, 4) is 0 Å². The summed E-state index contributed by atoms with van der Waals surface area (Å²) in [5.41, 5.74) is 3.73. The van der Waals surface area contributed by atoms with Crippen molar-refractivity contribution >= 4 is 0 Å². The molecule has 0 bridgehead atoms. The van der Waals surface area contributed by atoms with Crippen LogP contribution in [0.2, 0.25) is 0 Å². The first-order valence-electron chi connectivity index (χ1n) is 6.58. The van der Waals surface area contributed by atoms with E-state index < -0.39 is 11.7 Å². The Bertz CT molecular complexity index is 597. The van der Waals surface area contributed by atoms with Gasteiger partial charge in [0.05, 0.1) is 5.56 Å². The standard InChI is InChI=1S/C17H17F3/c1-12-6-8-15(13(2)10-12)9-7-14-4-3-5-16(11-14)17(18,19)20/h3-6,8,10-11H,7,9H2,1-2H3. The molecule has 0 spiro atoms. The van der Waals surface area contributed by atoms with Crippen LogP contribution in [0.5, 0.6) is 0 Å². The molecular weight excluding hydrogens is 261 g/mol. The number of hydrogen-bond acceptors (Lipinski definition) is 0. The molecule has 2 aromatic carbocycles. The highest BCUT2D eigenvalue weighted by Crippen LogP contribution is 2.29. The van der Waals surface area contributed by atoms with E-state index in [0.29, 0.717) is 6.42 Å². The minimum Gasteiger partial charge on any atom is -0.166 e. The molecular formula is C17H17F3. The van der Waals surface area contributed by atoms with Gasteiger partial charge in [-0.1, -0.05) is 42.0 Å². The number of benzene rings is 2. The van der Waals surface area contributed by atoms with Gasteiger partial charge in [0.2, 0.25) is 0 Å². The molecule has 2 rings (SSSR count). The van der Waals surface area contributed by atoms with Crippen LogP contribution in [0.3, 0.4) is 0 Å². The van der Waals surface area contributed by atoms with Crippen LogP contribution in [0.25, 0.3) is 0 Å². The molecule has 0 atom stereocenters. The zero-order valence-corrected chi connectivity index (χ0v) is 11.6. The first kappa shape index (κ1) is 14.6. The first-order chi connectivity index (χ1) is 9.36. The fourth-order valence-electron chi connectivity index (χ4n) is 2.31. The van der Waals surface area contributed by atoms with Crippen LogP contribution in [-0.4, -0.2) is 0 Å². The van der Waals surface area contributed by atoms with Gasteiger partial charge >= 0.3 is 6.18 Å². The van der Waals surface area contributed by atoms with Crippen molar-refractivity contribution in [2.75, 3.05) is 0 Å². The predicted octanol–water partition coefficient (Wildman–Crippen LogP) is 5.11. The lowest BCUT2D eigenvalue weighted by atomic mass is 9.98. The van der Waals surface area contributed by atoms with E-state index in [1.807, 2.05) is 19.9 Å². The Hall–Kier alpha value is -1.77. The molecule has 0 saturated heterocycles. The summed E-state index contributed by atoms with van der Waals surface area (Å²) >= 11 is 0. The molecule has 0 aliphatic carbocycles. The van der Waals surface area contributed by atoms with Crippen molar-refractivity contribution in [1.82, 2.24) is 0 Å². The Labute approximate surface area is 117 Å². The lowest BCUT2D eigenvalue weighted by molar-refractivity contribution is -0.137. The number of aryl methyl sites for hydroxylation is 4. The maximum absolute atomic E-state index is 12.6. The largest absolute Gasteiger partial charge is 0.416 e. The zero-order chi connectivity index (χ0) is 14.8. The van der Waals surface area contributed by atoms with Gasteiger partial charge in [0.15, 0.2) is 0 Å². The molecule has 0 aromatic heterocycles. The van der Waals surface area contributed by atoms with Gasteiger partial charge in [-0.05, 0) is 49.4 Å². The molecule has 3 heteroatoms. The van der Waals surface area contributed by atoms with Crippen LogP contribution in [-0.2, 0) is 19.0 Å². The third kappa shape index (κ3) is 3.62. The molecule has 0 aliphatic heterocycles. The molecule has 0 heterocycles. The third-order valence-corrected chi connectivity index (χ3v) is 3.44. The van der Waals surface area contributed by atoms with E-state index in [1.54, 1.807) is 6.07 Å². The summed E-state index contributed by atoms with van der Waals surface area (Å²) in [6.45, 7) is 4.07. The van der Waals surface area contributed by atoms with Crippen molar-refractivity contribution in [2.45, 2.75) is 32.9 Å². The number of rotatable bonds is 3. The van der Waals surface area contributed by atoms with Gasteiger partial charge in [0.1, 0.15) is 0 Å². The topological polar surface area (TPSA) is 0 Å². The second-order valence-electron chi connectivity index (χ2n) is 5.13. The minimum absolute atomic E-state index is 0.573. The van der Waals surface area contributed by atoms with Gasteiger partial charge in [-0.2, -0.15) is 13.2 Å². The Morgan fingerprint density at radius 2 is 1.65 bits per heavy atom. The molecule has 0 saturated carbocycles. The van der Waals surface area contributed by atoms with E-state index in [0.717, 1.165) is 18.1 Å². The van der Waals surface area contributed by atoms with Gasteiger partial charge in [0, 0.05) is 0 Å². The van der Waals surface area contributed by atoms with Gasteiger partial charge in [0.25, 0.3) is 0 Å². The fourth-order valence-corrected chi connectivity index (χ4v) is 2.31. The number of hydrogen-bond donors (Lipinski definition) is 0. The van der Waals surface area contributed by atoms with Crippen molar-refractivity contribution in [1.29, 1.82) is 0 Å². The fraction of sp³-hybridized carbons (Fsp3) is 0.294. The van der Waals surface area contributed by atoms with Crippen molar-refractivity contribution in [3.63, 3.8) is 0 Å². The normalized spacial score (nSPS) is 11.7. The van der Waals surface area contributed by atoms with E-state index in [1.165, 1.54) is 28.8 Å². The van der Waals surface area contributed by atoms with E-state index >= 15 is 0 Å². The second kappa shape index (κ2) is 5.70. The molecule has 20 heavy (non-hydrogen) atoms. The van der Waals surface area contributed by atoms with Crippen molar-refractivity contribution < 1.29 is 13.2 Å². The van der Waals surface area contributed by atoms with Crippen LogP contribution in [0.15, 0.2) is 42.5 Å². The van der Waals surface area contributed by atoms with Gasteiger partial charge in [-0.3, -0.25) is 0 Å². The van der Waals surface area contributed by atoms with E-state index in [4.69, 9.17) is 0 Å². The summed E-state index contributed by atoms with van der Waals surface area (Å²) in [5, 5.41) is 0. The molecule has 0 fully saturated rings. The average Bonchev–Trinajstić information content (AvgIpc) is 2.37. The first-order valence-corrected chi connectivity index (χ1v) is 6.58. The molecule has 0 aliphatic rings. The molecule has 106 valence electrons. The van der Waals surface area contributed by atoms with Gasteiger partial charge in [-0.15, -0.1) is 0 Å². The molecule has 0 amide bonds. The van der Waals surface area contributed by atoms with Crippen LogP contribution < -0.4 is 0 Å². The Morgan fingerprint density at radius 3 is 2.30 bits per heavy atom. The quantitative estimate of drug-likeness (QED) is 0.732. The average molecular weight is 278 g/mol.